The Morgan fingerprint density at radius 3 is 2.65 bits per heavy atom. The van der Waals surface area contributed by atoms with Crippen molar-refractivity contribution in [1.82, 2.24) is 39.4 Å². The average Bonchev–Trinajstić information content (AvgIpc) is 3.53. The number of para-hydroxylation sites is 1. The number of benzene rings is 1. The van der Waals surface area contributed by atoms with Gasteiger partial charge in [-0.15, -0.1) is 0 Å². The highest BCUT2D eigenvalue weighted by Gasteiger charge is 2.20. The molecule has 4 N–H and O–H groups in total. The van der Waals surface area contributed by atoms with E-state index in [2.05, 4.69) is 47.7 Å². The van der Waals surface area contributed by atoms with E-state index in [1.807, 2.05) is 23.0 Å². The van der Waals surface area contributed by atoms with Gasteiger partial charge >= 0.3 is 0 Å². The lowest BCUT2D eigenvalue weighted by Gasteiger charge is -2.28. The van der Waals surface area contributed by atoms with E-state index in [-0.39, 0.29) is 17.3 Å². The van der Waals surface area contributed by atoms with E-state index < -0.39 is 5.91 Å². The molecule has 0 aliphatic carbocycles. The summed E-state index contributed by atoms with van der Waals surface area (Å²) in [4.78, 5) is 27.6. The zero-order valence-corrected chi connectivity index (χ0v) is 20.9. The van der Waals surface area contributed by atoms with Crippen LogP contribution in [-0.2, 0) is 7.05 Å². The Hall–Kier alpha value is -4.52. The number of piperidine rings is 1. The standard InChI is InChI=1S/C24H29N11O2/c1-33-9-7-16(8-10-33)35-13-15(11-28-35)29-24-26-12-18(21(25)36)23(31-24)30-19-6-4-5-17(20(19)37-3)22-27-14-34(2)32-22/h4-6,11-14,16H,7-10H2,1-3H3,(H2,25,36)(H2,26,29,30,31). The van der Waals surface area contributed by atoms with Crippen LogP contribution in [0.3, 0.4) is 0 Å². The van der Waals surface area contributed by atoms with Crippen LogP contribution >= 0.6 is 0 Å². The zero-order valence-electron chi connectivity index (χ0n) is 20.9. The van der Waals surface area contributed by atoms with E-state index in [4.69, 9.17) is 10.5 Å². The fourth-order valence-electron chi connectivity index (χ4n) is 4.33. The number of carbonyl (C=O) groups excluding carboxylic acids is 1. The number of nitrogens with two attached hydrogens (primary N) is 1. The minimum Gasteiger partial charge on any atom is -0.494 e. The van der Waals surface area contributed by atoms with Crippen molar-refractivity contribution in [3.63, 3.8) is 0 Å². The number of likely N-dealkylation sites (tertiary alicyclic amines) is 1. The average molecular weight is 504 g/mol. The predicted molar refractivity (Wildman–Crippen MR) is 138 cm³/mol. The van der Waals surface area contributed by atoms with Crippen molar-refractivity contribution < 1.29 is 9.53 Å². The van der Waals surface area contributed by atoms with Crippen LogP contribution < -0.4 is 21.1 Å². The number of primary amides is 1. The van der Waals surface area contributed by atoms with Crippen LogP contribution in [0.25, 0.3) is 11.4 Å². The molecule has 0 bridgehead atoms. The maximum Gasteiger partial charge on any atom is 0.254 e. The first kappa shape index (κ1) is 24.2. The van der Waals surface area contributed by atoms with E-state index in [9.17, 15) is 4.79 Å². The maximum atomic E-state index is 12.1. The van der Waals surface area contributed by atoms with Crippen molar-refractivity contribution >= 4 is 29.0 Å². The Morgan fingerprint density at radius 1 is 1.14 bits per heavy atom. The largest absolute Gasteiger partial charge is 0.494 e. The van der Waals surface area contributed by atoms with Crippen LogP contribution in [0.2, 0.25) is 0 Å². The van der Waals surface area contributed by atoms with Gasteiger partial charge in [-0.2, -0.15) is 15.2 Å². The molecule has 1 saturated heterocycles. The van der Waals surface area contributed by atoms with E-state index in [0.717, 1.165) is 31.6 Å². The third-order valence-corrected chi connectivity index (χ3v) is 6.29. The van der Waals surface area contributed by atoms with Gasteiger partial charge in [0.05, 0.1) is 36.3 Å². The Kier molecular flexibility index (Phi) is 6.68. The molecule has 13 heteroatoms. The van der Waals surface area contributed by atoms with Gasteiger partial charge in [-0.3, -0.25) is 14.2 Å². The smallest absolute Gasteiger partial charge is 0.254 e. The molecule has 1 amide bonds. The van der Waals surface area contributed by atoms with Crippen LogP contribution in [-0.4, -0.2) is 72.6 Å². The molecule has 4 aromatic rings. The van der Waals surface area contributed by atoms with Crippen molar-refractivity contribution in [2.75, 3.05) is 37.9 Å². The van der Waals surface area contributed by atoms with Crippen molar-refractivity contribution in [2.24, 2.45) is 12.8 Å². The molecule has 13 nitrogen and oxygen atoms in total. The number of ether oxygens (including phenoxy) is 1. The maximum absolute atomic E-state index is 12.1. The topological polar surface area (TPSA) is 154 Å². The Balaban J connectivity index is 1.41. The highest BCUT2D eigenvalue weighted by atomic mass is 16.5. The summed E-state index contributed by atoms with van der Waals surface area (Å²) >= 11 is 0. The molecule has 37 heavy (non-hydrogen) atoms. The molecule has 1 aliphatic heterocycles. The Morgan fingerprint density at radius 2 is 1.95 bits per heavy atom. The number of amides is 1. The van der Waals surface area contributed by atoms with E-state index in [1.54, 1.807) is 37.4 Å². The van der Waals surface area contributed by atoms with E-state index >= 15 is 0 Å². The van der Waals surface area contributed by atoms with Gasteiger partial charge in [0, 0.05) is 19.4 Å². The quantitative estimate of drug-likeness (QED) is 0.326. The first-order valence-corrected chi connectivity index (χ1v) is 11.9. The van der Waals surface area contributed by atoms with Gasteiger partial charge in [-0.05, 0) is 45.1 Å². The highest BCUT2D eigenvalue weighted by Crippen LogP contribution is 2.36. The summed E-state index contributed by atoms with van der Waals surface area (Å²) in [5.41, 5.74) is 7.74. The number of nitrogens with one attached hydrogen (secondary N) is 2. The van der Waals surface area contributed by atoms with Gasteiger partial charge < -0.3 is 26.0 Å². The number of aromatic nitrogens is 7. The SMILES string of the molecule is COc1c(Nc2nc(Nc3cnn(C4CCN(C)CC4)c3)ncc2C(N)=O)cccc1-c1ncn(C)n1. The minimum atomic E-state index is -0.661. The summed E-state index contributed by atoms with van der Waals surface area (Å²) in [6.45, 7) is 2.09. The monoisotopic (exact) mass is 503 g/mol. The summed E-state index contributed by atoms with van der Waals surface area (Å²) in [7, 11) is 5.47. The molecule has 3 aromatic heterocycles. The highest BCUT2D eigenvalue weighted by molar-refractivity contribution is 5.98. The normalized spacial score (nSPS) is 14.5. The zero-order chi connectivity index (χ0) is 25.9. The van der Waals surface area contributed by atoms with Gasteiger partial charge in [0.25, 0.3) is 5.91 Å². The fourth-order valence-corrected chi connectivity index (χ4v) is 4.33. The number of hydrogen-bond donors (Lipinski definition) is 3. The van der Waals surface area contributed by atoms with Crippen molar-refractivity contribution in [3.05, 3.63) is 48.7 Å². The van der Waals surface area contributed by atoms with E-state index in [0.29, 0.717) is 28.9 Å². The number of aryl methyl sites for hydroxylation is 1. The summed E-state index contributed by atoms with van der Waals surface area (Å²) in [6, 6.07) is 5.84. The van der Waals surface area contributed by atoms with Crippen molar-refractivity contribution in [3.8, 4) is 17.1 Å². The second-order valence-corrected chi connectivity index (χ2v) is 8.94. The lowest BCUT2D eigenvalue weighted by Crippen LogP contribution is -2.31. The van der Waals surface area contributed by atoms with Crippen LogP contribution in [0.4, 0.5) is 23.1 Å². The summed E-state index contributed by atoms with van der Waals surface area (Å²) in [5.74, 6) is 0.862. The van der Waals surface area contributed by atoms with Gasteiger partial charge in [0.2, 0.25) is 5.95 Å². The first-order valence-electron chi connectivity index (χ1n) is 11.9. The molecule has 192 valence electrons. The number of nitrogens with zero attached hydrogens (tertiary/aromatic N) is 8. The number of carbonyl (C=O) groups is 1. The van der Waals surface area contributed by atoms with Gasteiger partial charge in [0.15, 0.2) is 11.6 Å². The molecule has 1 aliphatic rings. The van der Waals surface area contributed by atoms with Gasteiger partial charge in [0.1, 0.15) is 17.7 Å². The number of rotatable bonds is 8. The second kappa shape index (κ2) is 10.2. The predicted octanol–water partition coefficient (Wildman–Crippen LogP) is 2.33. The van der Waals surface area contributed by atoms with Crippen LogP contribution in [0.1, 0.15) is 29.2 Å². The molecule has 0 radical (unpaired) electrons. The first-order chi connectivity index (χ1) is 17.9. The third-order valence-electron chi connectivity index (χ3n) is 6.29. The molecule has 1 fully saturated rings. The number of anilines is 4. The van der Waals surface area contributed by atoms with Gasteiger partial charge in [-0.25, -0.2) is 9.97 Å². The lowest BCUT2D eigenvalue weighted by molar-refractivity contribution is 0.100. The lowest BCUT2D eigenvalue weighted by atomic mass is 10.1. The Labute approximate surface area is 213 Å². The fraction of sp³-hybridized carbons (Fsp3) is 0.333. The Bertz CT molecular complexity index is 1410. The minimum absolute atomic E-state index is 0.135. The van der Waals surface area contributed by atoms with Crippen molar-refractivity contribution in [1.29, 1.82) is 0 Å². The van der Waals surface area contributed by atoms with Crippen LogP contribution in [0.5, 0.6) is 5.75 Å². The van der Waals surface area contributed by atoms with Crippen molar-refractivity contribution in [2.45, 2.75) is 18.9 Å². The molecule has 0 unspecified atom stereocenters. The van der Waals surface area contributed by atoms with Gasteiger partial charge in [-0.1, -0.05) is 6.07 Å². The van der Waals surface area contributed by atoms with E-state index in [1.165, 1.54) is 6.20 Å². The summed E-state index contributed by atoms with van der Waals surface area (Å²) in [6.07, 6.45) is 8.77. The third kappa shape index (κ3) is 5.21. The molecule has 4 heterocycles. The summed E-state index contributed by atoms with van der Waals surface area (Å²) in [5, 5.41) is 15.2. The summed E-state index contributed by atoms with van der Waals surface area (Å²) < 4.78 is 9.25. The molecule has 0 atom stereocenters. The number of hydrogen-bond acceptors (Lipinski definition) is 10. The van der Waals surface area contributed by atoms with Crippen LogP contribution in [0.15, 0.2) is 43.1 Å². The molecule has 0 saturated carbocycles. The molecule has 0 spiro atoms. The number of methoxy groups -OCH3 is 1. The molecule has 5 rings (SSSR count). The molecule has 1 aromatic carbocycles. The molecular weight excluding hydrogens is 474 g/mol. The van der Waals surface area contributed by atoms with Crippen LogP contribution in [0, 0.1) is 0 Å². The second-order valence-electron chi connectivity index (χ2n) is 8.94. The molecular formula is C24H29N11O2.